The zero-order valence-corrected chi connectivity index (χ0v) is 9.21. The molecule has 2 rings (SSSR count). The van der Waals surface area contributed by atoms with Gasteiger partial charge in [-0.15, -0.1) is 0 Å². The first kappa shape index (κ1) is 10.4. The molecule has 2 atom stereocenters. The second kappa shape index (κ2) is 4.63. The van der Waals surface area contributed by atoms with Crippen molar-refractivity contribution in [2.24, 2.45) is 5.92 Å². The maximum Gasteiger partial charge on any atom is 0.0693 e. The van der Waals surface area contributed by atoms with E-state index in [1.54, 1.807) is 0 Å². The van der Waals surface area contributed by atoms with Gasteiger partial charge in [0.1, 0.15) is 0 Å². The molecule has 0 aromatic heterocycles. The Hall–Kier alpha value is -0.0800. The Kier molecular flexibility index (Phi) is 3.45. The van der Waals surface area contributed by atoms with Crippen molar-refractivity contribution < 1.29 is 5.11 Å². The Morgan fingerprint density at radius 3 is 2.29 bits per heavy atom. The van der Waals surface area contributed by atoms with Crippen LogP contribution in [0, 0.1) is 5.92 Å². The fourth-order valence-corrected chi connectivity index (χ4v) is 2.86. The SMILES string of the molecule is CC1CCC(N[C@@H]2CCC[C@H]2O)CC1. The topological polar surface area (TPSA) is 32.3 Å². The zero-order chi connectivity index (χ0) is 9.97. The highest BCUT2D eigenvalue weighted by Crippen LogP contribution is 2.26. The summed E-state index contributed by atoms with van der Waals surface area (Å²) < 4.78 is 0. The molecule has 2 heteroatoms. The first-order valence-electron chi connectivity index (χ1n) is 6.20. The van der Waals surface area contributed by atoms with Crippen LogP contribution in [0.15, 0.2) is 0 Å². The molecule has 0 saturated heterocycles. The minimum absolute atomic E-state index is 0.0747. The van der Waals surface area contributed by atoms with E-state index in [-0.39, 0.29) is 6.10 Å². The summed E-state index contributed by atoms with van der Waals surface area (Å²) in [6.45, 7) is 2.35. The van der Waals surface area contributed by atoms with Crippen LogP contribution < -0.4 is 5.32 Å². The highest BCUT2D eigenvalue weighted by molar-refractivity contribution is 4.87. The van der Waals surface area contributed by atoms with Crippen molar-refractivity contribution in [3.8, 4) is 0 Å². The first-order valence-corrected chi connectivity index (χ1v) is 6.20. The van der Waals surface area contributed by atoms with Crippen LogP contribution in [0.25, 0.3) is 0 Å². The third-order valence-corrected chi connectivity index (χ3v) is 3.95. The molecule has 2 aliphatic carbocycles. The average molecular weight is 197 g/mol. The minimum Gasteiger partial charge on any atom is -0.392 e. The molecule has 0 amide bonds. The minimum atomic E-state index is -0.0747. The number of nitrogens with one attached hydrogen (secondary N) is 1. The molecular formula is C12H23NO. The van der Waals surface area contributed by atoms with Crippen molar-refractivity contribution in [1.82, 2.24) is 5.32 Å². The molecule has 0 radical (unpaired) electrons. The summed E-state index contributed by atoms with van der Waals surface area (Å²) in [5.41, 5.74) is 0. The molecule has 2 nitrogen and oxygen atoms in total. The van der Waals surface area contributed by atoms with Crippen molar-refractivity contribution in [3.63, 3.8) is 0 Å². The lowest BCUT2D eigenvalue weighted by Crippen LogP contribution is -2.44. The van der Waals surface area contributed by atoms with Gasteiger partial charge in [-0.3, -0.25) is 0 Å². The highest BCUT2D eigenvalue weighted by atomic mass is 16.3. The predicted molar refractivity (Wildman–Crippen MR) is 58.2 cm³/mol. The lowest BCUT2D eigenvalue weighted by molar-refractivity contribution is 0.135. The van der Waals surface area contributed by atoms with Gasteiger partial charge in [-0.1, -0.05) is 6.92 Å². The molecule has 0 aliphatic heterocycles. The van der Waals surface area contributed by atoms with Gasteiger partial charge in [0.25, 0.3) is 0 Å². The van der Waals surface area contributed by atoms with Crippen molar-refractivity contribution in [2.75, 3.05) is 0 Å². The van der Waals surface area contributed by atoms with Crippen LogP contribution in [0.1, 0.15) is 51.9 Å². The van der Waals surface area contributed by atoms with Crippen molar-refractivity contribution in [2.45, 2.75) is 70.1 Å². The molecule has 2 N–H and O–H groups in total. The van der Waals surface area contributed by atoms with E-state index in [1.165, 1.54) is 38.5 Å². The van der Waals surface area contributed by atoms with Crippen LogP contribution in [-0.4, -0.2) is 23.3 Å². The van der Waals surface area contributed by atoms with Gasteiger partial charge in [0.15, 0.2) is 0 Å². The number of hydrogen-bond donors (Lipinski definition) is 2. The van der Waals surface area contributed by atoms with E-state index in [2.05, 4.69) is 12.2 Å². The van der Waals surface area contributed by atoms with Crippen molar-refractivity contribution in [3.05, 3.63) is 0 Å². The van der Waals surface area contributed by atoms with E-state index in [1.807, 2.05) is 0 Å². The summed E-state index contributed by atoms with van der Waals surface area (Å²) in [5.74, 6) is 0.918. The summed E-state index contributed by atoms with van der Waals surface area (Å²) in [7, 11) is 0. The Balaban J connectivity index is 1.74. The van der Waals surface area contributed by atoms with Gasteiger partial charge in [0, 0.05) is 12.1 Å². The van der Waals surface area contributed by atoms with Gasteiger partial charge in [-0.05, 0) is 50.9 Å². The standard InChI is InChI=1S/C12H23NO/c1-9-5-7-10(8-6-9)13-11-3-2-4-12(11)14/h9-14H,2-8H2,1H3/t9?,10?,11-,12-/m1/s1. The van der Waals surface area contributed by atoms with E-state index in [0.717, 1.165) is 12.3 Å². The quantitative estimate of drug-likeness (QED) is 0.710. The van der Waals surface area contributed by atoms with E-state index in [0.29, 0.717) is 12.1 Å². The van der Waals surface area contributed by atoms with Gasteiger partial charge in [0.2, 0.25) is 0 Å². The monoisotopic (exact) mass is 197 g/mol. The summed E-state index contributed by atoms with van der Waals surface area (Å²) in [6, 6.07) is 1.08. The normalized spacial score (nSPS) is 44.1. The van der Waals surface area contributed by atoms with Gasteiger partial charge in [0.05, 0.1) is 6.10 Å². The largest absolute Gasteiger partial charge is 0.392 e. The Morgan fingerprint density at radius 1 is 1.00 bits per heavy atom. The highest BCUT2D eigenvalue weighted by Gasteiger charge is 2.28. The molecule has 0 unspecified atom stereocenters. The number of aliphatic hydroxyl groups is 1. The van der Waals surface area contributed by atoms with Crippen LogP contribution in [0.5, 0.6) is 0 Å². The molecule has 2 fully saturated rings. The van der Waals surface area contributed by atoms with Gasteiger partial charge in [-0.25, -0.2) is 0 Å². The molecule has 0 heterocycles. The van der Waals surface area contributed by atoms with Crippen LogP contribution in [0.2, 0.25) is 0 Å². The van der Waals surface area contributed by atoms with Crippen LogP contribution >= 0.6 is 0 Å². The van der Waals surface area contributed by atoms with E-state index in [9.17, 15) is 5.11 Å². The Bertz CT molecular complexity index is 175. The molecule has 14 heavy (non-hydrogen) atoms. The van der Waals surface area contributed by atoms with E-state index < -0.39 is 0 Å². The summed E-state index contributed by atoms with van der Waals surface area (Å²) in [4.78, 5) is 0. The van der Waals surface area contributed by atoms with Gasteiger partial charge < -0.3 is 10.4 Å². The first-order chi connectivity index (χ1) is 6.75. The molecule has 0 bridgehead atoms. The smallest absolute Gasteiger partial charge is 0.0693 e. The van der Waals surface area contributed by atoms with E-state index >= 15 is 0 Å². The van der Waals surface area contributed by atoms with Crippen LogP contribution in [0.4, 0.5) is 0 Å². The van der Waals surface area contributed by atoms with Crippen LogP contribution in [0.3, 0.4) is 0 Å². The van der Waals surface area contributed by atoms with Crippen molar-refractivity contribution in [1.29, 1.82) is 0 Å². The maximum atomic E-state index is 9.71. The Morgan fingerprint density at radius 2 is 1.71 bits per heavy atom. The molecule has 2 saturated carbocycles. The molecule has 2 aliphatic rings. The second-order valence-corrected chi connectivity index (χ2v) is 5.23. The molecule has 0 spiro atoms. The lowest BCUT2D eigenvalue weighted by Gasteiger charge is -2.30. The van der Waals surface area contributed by atoms with E-state index in [4.69, 9.17) is 0 Å². The van der Waals surface area contributed by atoms with Gasteiger partial charge >= 0.3 is 0 Å². The average Bonchev–Trinajstić information content (AvgIpc) is 2.56. The van der Waals surface area contributed by atoms with Crippen molar-refractivity contribution >= 4 is 0 Å². The summed E-state index contributed by atoms with van der Waals surface area (Å²) in [5, 5.41) is 13.3. The fourth-order valence-electron chi connectivity index (χ4n) is 2.86. The zero-order valence-electron chi connectivity index (χ0n) is 9.21. The van der Waals surface area contributed by atoms with Crippen LogP contribution in [-0.2, 0) is 0 Å². The molecule has 0 aromatic rings. The summed E-state index contributed by atoms with van der Waals surface area (Å²) in [6.07, 6.45) is 8.64. The third kappa shape index (κ3) is 2.48. The molecular weight excluding hydrogens is 174 g/mol. The fraction of sp³-hybridized carbons (Fsp3) is 1.00. The molecule has 0 aromatic carbocycles. The number of rotatable bonds is 2. The third-order valence-electron chi connectivity index (χ3n) is 3.95. The number of hydrogen-bond acceptors (Lipinski definition) is 2. The maximum absolute atomic E-state index is 9.71. The summed E-state index contributed by atoms with van der Waals surface area (Å²) >= 11 is 0. The molecule has 82 valence electrons. The second-order valence-electron chi connectivity index (χ2n) is 5.23. The lowest BCUT2D eigenvalue weighted by atomic mass is 9.87. The Labute approximate surface area is 87.1 Å². The van der Waals surface area contributed by atoms with Gasteiger partial charge in [-0.2, -0.15) is 0 Å². The number of aliphatic hydroxyl groups excluding tert-OH is 1. The predicted octanol–water partition coefficient (Wildman–Crippen LogP) is 2.07.